The zero-order chi connectivity index (χ0) is 15.5. The minimum atomic E-state index is 0.809. The topological polar surface area (TPSA) is 8.17 Å². The molecular formula is C21H24N2. The molecule has 0 aliphatic carbocycles. The third kappa shape index (κ3) is 3.48. The summed E-state index contributed by atoms with van der Waals surface area (Å²) in [5.74, 6) is 0.809. The van der Waals surface area contributed by atoms with Crippen LogP contribution in [0.25, 0.3) is 10.8 Å². The van der Waals surface area contributed by atoms with Crippen LogP contribution < -0.4 is 0 Å². The van der Waals surface area contributed by atoms with Gasteiger partial charge in [-0.25, -0.2) is 0 Å². The van der Waals surface area contributed by atoms with Crippen LogP contribution in [0.15, 0.2) is 67.0 Å². The molecule has 4 rings (SSSR count). The lowest BCUT2D eigenvalue weighted by Crippen LogP contribution is -2.34. The van der Waals surface area contributed by atoms with E-state index in [9.17, 15) is 0 Å². The van der Waals surface area contributed by atoms with Crippen molar-refractivity contribution in [3.05, 3.63) is 72.6 Å². The first-order valence-electron chi connectivity index (χ1n) is 8.67. The number of hydrogen-bond donors (Lipinski definition) is 0. The Morgan fingerprint density at radius 3 is 2.04 bits per heavy atom. The Morgan fingerprint density at radius 2 is 1.39 bits per heavy atom. The van der Waals surface area contributed by atoms with Crippen LogP contribution in [0.4, 0.5) is 0 Å². The lowest BCUT2D eigenvalue weighted by atomic mass is 9.96. The first-order valence-corrected chi connectivity index (χ1v) is 8.67. The molecule has 1 aromatic heterocycles. The van der Waals surface area contributed by atoms with Gasteiger partial charge in [0.2, 0.25) is 0 Å². The van der Waals surface area contributed by atoms with E-state index in [1.54, 1.807) is 0 Å². The highest BCUT2D eigenvalue weighted by Crippen LogP contribution is 2.22. The van der Waals surface area contributed by atoms with E-state index in [0.717, 1.165) is 19.0 Å². The lowest BCUT2D eigenvalue weighted by molar-refractivity contribution is 0.167. The summed E-state index contributed by atoms with van der Waals surface area (Å²) in [6.45, 7) is 4.70. The van der Waals surface area contributed by atoms with Crippen LogP contribution in [0.5, 0.6) is 0 Å². The van der Waals surface area contributed by atoms with Crippen molar-refractivity contribution in [1.29, 1.82) is 0 Å². The van der Waals surface area contributed by atoms with Crippen LogP contribution in [0.1, 0.15) is 18.4 Å². The van der Waals surface area contributed by atoms with Gasteiger partial charge in [-0.2, -0.15) is 0 Å². The van der Waals surface area contributed by atoms with Gasteiger partial charge in [0.25, 0.3) is 0 Å². The van der Waals surface area contributed by atoms with Gasteiger partial charge in [0, 0.05) is 25.5 Å². The number of hydrogen-bond acceptors (Lipinski definition) is 1. The molecule has 1 aliphatic rings. The molecule has 23 heavy (non-hydrogen) atoms. The fourth-order valence-electron chi connectivity index (χ4n) is 3.71. The van der Waals surface area contributed by atoms with Gasteiger partial charge in [-0.15, -0.1) is 0 Å². The Bertz CT molecular complexity index is 719. The molecule has 3 aromatic rings. The molecule has 2 nitrogen and oxygen atoms in total. The van der Waals surface area contributed by atoms with Gasteiger partial charge in [-0.05, 0) is 48.2 Å². The van der Waals surface area contributed by atoms with E-state index in [1.165, 1.54) is 42.3 Å². The maximum absolute atomic E-state index is 2.60. The van der Waals surface area contributed by atoms with Crippen molar-refractivity contribution in [3.63, 3.8) is 0 Å². The third-order valence-electron chi connectivity index (χ3n) is 5.03. The number of likely N-dealkylation sites (tertiary alicyclic amines) is 1. The van der Waals surface area contributed by atoms with Crippen LogP contribution >= 0.6 is 0 Å². The second kappa shape index (κ2) is 6.59. The molecule has 0 saturated carbocycles. The SMILES string of the molecule is c1ccc(CN2CCC(Cn3cc4ccccc4c3)CC2)cc1. The second-order valence-electron chi connectivity index (χ2n) is 6.79. The smallest absolute Gasteiger partial charge is 0.0249 e. The van der Waals surface area contributed by atoms with Crippen LogP contribution in [-0.4, -0.2) is 22.6 Å². The van der Waals surface area contributed by atoms with E-state index >= 15 is 0 Å². The van der Waals surface area contributed by atoms with Gasteiger partial charge in [-0.1, -0.05) is 54.6 Å². The summed E-state index contributed by atoms with van der Waals surface area (Å²) < 4.78 is 2.39. The average molecular weight is 304 g/mol. The monoisotopic (exact) mass is 304 g/mol. The van der Waals surface area contributed by atoms with Crippen LogP contribution in [0.3, 0.4) is 0 Å². The predicted octanol–water partition coefficient (Wildman–Crippen LogP) is 4.55. The molecule has 0 atom stereocenters. The molecule has 0 bridgehead atoms. The molecule has 2 heteroatoms. The van der Waals surface area contributed by atoms with Crippen molar-refractivity contribution < 1.29 is 0 Å². The Kier molecular flexibility index (Phi) is 4.16. The highest BCUT2D eigenvalue weighted by atomic mass is 15.1. The standard InChI is InChI=1S/C21H24N2/c1-2-6-18(7-3-1)14-22-12-10-19(11-13-22)15-23-16-20-8-4-5-9-21(20)17-23/h1-9,16-17,19H,10-15H2. The minimum absolute atomic E-state index is 0.809. The quantitative estimate of drug-likeness (QED) is 0.686. The summed E-state index contributed by atoms with van der Waals surface area (Å²) >= 11 is 0. The van der Waals surface area contributed by atoms with E-state index in [-0.39, 0.29) is 0 Å². The normalized spacial score (nSPS) is 16.9. The highest BCUT2D eigenvalue weighted by Gasteiger charge is 2.19. The van der Waals surface area contributed by atoms with Crippen LogP contribution in [-0.2, 0) is 13.1 Å². The van der Waals surface area contributed by atoms with Gasteiger partial charge in [0.05, 0.1) is 0 Å². The third-order valence-corrected chi connectivity index (χ3v) is 5.03. The van der Waals surface area contributed by atoms with Gasteiger partial charge in [0.1, 0.15) is 0 Å². The number of nitrogens with zero attached hydrogens (tertiary/aromatic N) is 2. The first kappa shape index (κ1) is 14.5. The molecule has 2 heterocycles. The molecule has 0 unspecified atom stereocenters. The van der Waals surface area contributed by atoms with Gasteiger partial charge in [-0.3, -0.25) is 4.90 Å². The zero-order valence-corrected chi connectivity index (χ0v) is 13.6. The number of aromatic nitrogens is 1. The zero-order valence-electron chi connectivity index (χ0n) is 13.6. The Balaban J connectivity index is 1.32. The van der Waals surface area contributed by atoms with Gasteiger partial charge >= 0.3 is 0 Å². The van der Waals surface area contributed by atoms with E-state index in [4.69, 9.17) is 0 Å². The summed E-state index contributed by atoms with van der Waals surface area (Å²) in [7, 11) is 0. The summed E-state index contributed by atoms with van der Waals surface area (Å²) in [4.78, 5) is 2.60. The lowest BCUT2D eigenvalue weighted by Gasteiger charge is -2.32. The second-order valence-corrected chi connectivity index (χ2v) is 6.79. The summed E-state index contributed by atoms with van der Waals surface area (Å²) in [6, 6.07) is 19.5. The van der Waals surface area contributed by atoms with Crippen LogP contribution in [0.2, 0.25) is 0 Å². The van der Waals surface area contributed by atoms with Crippen molar-refractivity contribution in [2.75, 3.05) is 13.1 Å². The summed E-state index contributed by atoms with van der Waals surface area (Å²) in [5, 5.41) is 2.71. The van der Waals surface area contributed by atoms with Crippen molar-refractivity contribution in [1.82, 2.24) is 9.47 Å². The molecule has 1 fully saturated rings. The summed E-state index contributed by atoms with van der Waals surface area (Å²) in [5.41, 5.74) is 1.43. The van der Waals surface area contributed by atoms with E-state index in [0.29, 0.717) is 0 Å². The van der Waals surface area contributed by atoms with Crippen LogP contribution in [0, 0.1) is 5.92 Å². The Hall–Kier alpha value is -2.06. The van der Waals surface area contributed by atoms with Crippen molar-refractivity contribution >= 4 is 10.8 Å². The van der Waals surface area contributed by atoms with Crippen molar-refractivity contribution in [2.24, 2.45) is 5.92 Å². The Morgan fingerprint density at radius 1 is 0.783 bits per heavy atom. The highest BCUT2D eigenvalue weighted by molar-refractivity contribution is 5.82. The molecule has 1 saturated heterocycles. The Labute approximate surface area is 138 Å². The maximum Gasteiger partial charge on any atom is 0.0249 e. The first-order chi connectivity index (χ1) is 11.4. The predicted molar refractivity (Wildman–Crippen MR) is 96.4 cm³/mol. The van der Waals surface area contributed by atoms with Gasteiger partial charge < -0.3 is 4.57 Å². The molecule has 0 amide bonds. The van der Waals surface area contributed by atoms with Gasteiger partial charge in [0.15, 0.2) is 0 Å². The largest absolute Gasteiger partial charge is 0.353 e. The van der Waals surface area contributed by atoms with E-state index < -0.39 is 0 Å². The molecule has 2 aromatic carbocycles. The van der Waals surface area contributed by atoms with E-state index in [1.807, 2.05) is 0 Å². The average Bonchev–Trinajstić information content (AvgIpc) is 3.00. The molecule has 0 N–H and O–H groups in total. The molecule has 1 aliphatic heterocycles. The van der Waals surface area contributed by atoms with E-state index in [2.05, 4.69) is 76.5 Å². The van der Waals surface area contributed by atoms with Crippen molar-refractivity contribution in [2.45, 2.75) is 25.9 Å². The summed E-state index contributed by atoms with van der Waals surface area (Å²) in [6.07, 6.45) is 7.21. The van der Waals surface area contributed by atoms with Crippen molar-refractivity contribution in [3.8, 4) is 0 Å². The fourth-order valence-corrected chi connectivity index (χ4v) is 3.71. The molecular weight excluding hydrogens is 280 g/mol. The maximum atomic E-state index is 2.60. The molecule has 0 radical (unpaired) electrons. The minimum Gasteiger partial charge on any atom is -0.353 e. The number of benzene rings is 2. The number of fused-ring (bicyclic) bond motifs is 1. The number of rotatable bonds is 4. The number of piperidine rings is 1. The fraction of sp³-hybridized carbons (Fsp3) is 0.333. The molecule has 0 spiro atoms. The molecule has 118 valence electrons.